The molecule has 1 saturated carbocycles. The lowest BCUT2D eigenvalue weighted by atomic mass is 9.78. The molecule has 0 saturated heterocycles. The van der Waals surface area contributed by atoms with E-state index in [2.05, 4.69) is 13.8 Å². The fourth-order valence-electron chi connectivity index (χ4n) is 3.33. The number of ether oxygens (including phenoxy) is 1. The molecule has 2 nitrogen and oxygen atoms in total. The molecule has 1 aliphatic rings. The predicted molar refractivity (Wildman–Crippen MR) is 80.1 cm³/mol. The minimum Gasteiger partial charge on any atom is -0.462 e. The maximum atomic E-state index is 11.2. The van der Waals surface area contributed by atoms with Crippen molar-refractivity contribution in [2.75, 3.05) is 0 Å². The Balaban J connectivity index is 2.24. The fraction of sp³-hybridized carbons (Fsp3) is 0.941. The molecule has 0 heterocycles. The molecule has 0 unspecified atom stereocenters. The van der Waals surface area contributed by atoms with Crippen molar-refractivity contribution in [1.82, 2.24) is 0 Å². The highest BCUT2D eigenvalue weighted by molar-refractivity contribution is 5.66. The van der Waals surface area contributed by atoms with Gasteiger partial charge in [-0.25, -0.2) is 0 Å². The zero-order valence-electron chi connectivity index (χ0n) is 13.1. The molecule has 1 fully saturated rings. The van der Waals surface area contributed by atoms with Crippen LogP contribution in [-0.2, 0) is 9.53 Å². The van der Waals surface area contributed by atoms with Crippen molar-refractivity contribution in [3.05, 3.63) is 0 Å². The third-order valence-corrected chi connectivity index (χ3v) is 4.42. The van der Waals surface area contributed by atoms with Gasteiger partial charge >= 0.3 is 5.97 Å². The Morgan fingerprint density at radius 2 is 1.79 bits per heavy atom. The van der Waals surface area contributed by atoms with Gasteiger partial charge in [-0.15, -0.1) is 0 Å². The fourth-order valence-corrected chi connectivity index (χ4v) is 3.33. The van der Waals surface area contributed by atoms with Crippen molar-refractivity contribution >= 4 is 5.97 Å². The van der Waals surface area contributed by atoms with Gasteiger partial charge in [-0.3, -0.25) is 4.79 Å². The van der Waals surface area contributed by atoms with Crippen LogP contribution in [0.2, 0.25) is 0 Å². The molecule has 2 heteroatoms. The van der Waals surface area contributed by atoms with Crippen molar-refractivity contribution in [2.24, 2.45) is 11.8 Å². The quantitative estimate of drug-likeness (QED) is 0.452. The van der Waals surface area contributed by atoms with E-state index in [1.54, 1.807) is 6.92 Å². The zero-order chi connectivity index (χ0) is 14.1. The van der Waals surface area contributed by atoms with Crippen molar-refractivity contribution in [3.8, 4) is 0 Å². The Morgan fingerprint density at radius 1 is 1.11 bits per heavy atom. The van der Waals surface area contributed by atoms with Crippen LogP contribution in [0.5, 0.6) is 0 Å². The summed E-state index contributed by atoms with van der Waals surface area (Å²) in [6.45, 7) is 6.13. The second kappa shape index (κ2) is 9.39. The number of esters is 1. The number of rotatable bonds is 8. The summed E-state index contributed by atoms with van der Waals surface area (Å²) in [5.74, 6) is 1.31. The van der Waals surface area contributed by atoms with E-state index < -0.39 is 0 Å². The molecule has 0 aromatic heterocycles. The maximum absolute atomic E-state index is 11.2. The van der Waals surface area contributed by atoms with E-state index in [9.17, 15) is 4.79 Å². The molecule has 0 aliphatic heterocycles. The third-order valence-electron chi connectivity index (χ3n) is 4.42. The van der Waals surface area contributed by atoms with Crippen LogP contribution >= 0.6 is 0 Å². The van der Waals surface area contributed by atoms with Gasteiger partial charge in [-0.1, -0.05) is 52.4 Å². The molecule has 19 heavy (non-hydrogen) atoms. The van der Waals surface area contributed by atoms with Crippen molar-refractivity contribution in [2.45, 2.75) is 91.1 Å². The first kappa shape index (κ1) is 16.5. The first-order valence-electron chi connectivity index (χ1n) is 8.30. The van der Waals surface area contributed by atoms with Crippen LogP contribution in [0.1, 0.15) is 85.0 Å². The first-order valence-corrected chi connectivity index (χ1v) is 8.30. The molecule has 0 aromatic carbocycles. The summed E-state index contributed by atoms with van der Waals surface area (Å²) in [7, 11) is 0. The van der Waals surface area contributed by atoms with Gasteiger partial charge in [0.1, 0.15) is 6.10 Å². The largest absolute Gasteiger partial charge is 0.462 e. The SMILES string of the molecule is CCCCCCCC[C@H]1C[C@@H](C)CC[C@@H]1OC(C)=O. The number of carbonyl (C=O) groups is 1. The van der Waals surface area contributed by atoms with Crippen LogP contribution in [0, 0.1) is 11.8 Å². The molecule has 0 bridgehead atoms. The Kier molecular flexibility index (Phi) is 8.16. The minimum absolute atomic E-state index is 0.104. The lowest BCUT2D eigenvalue weighted by Crippen LogP contribution is -2.32. The molecule has 0 spiro atoms. The van der Waals surface area contributed by atoms with Gasteiger partial charge in [0.15, 0.2) is 0 Å². The Bertz CT molecular complexity index is 250. The molecular formula is C17H32O2. The smallest absolute Gasteiger partial charge is 0.302 e. The highest BCUT2D eigenvalue weighted by atomic mass is 16.5. The normalized spacial score (nSPS) is 27.2. The van der Waals surface area contributed by atoms with Gasteiger partial charge in [0.05, 0.1) is 0 Å². The van der Waals surface area contributed by atoms with Crippen LogP contribution in [0.15, 0.2) is 0 Å². The summed E-state index contributed by atoms with van der Waals surface area (Å²) in [5.41, 5.74) is 0. The maximum Gasteiger partial charge on any atom is 0.302 e. The van der Waals surface area contributed by atoms with Crippen LogP contribution in [0.4, 0.5) is 0 Å². The predicted octanol–water partition coefficient (Wildman–Crippen LogP) is 5.10. The van der Waals surface area contributed by atoms with E-state index in [0.717, 1.165) is 12.3 Å². The van der Waals surface area contributed by atoms with Crippen LogP contribution in [0.25, 0.3) is 0 Å². The van der Waals surface area contributed by atoms with E-state index in [-0.39, 0.29) is 12.1 Å². The van der Waals surface area contributed by atoms with Gasteiger partial charge in [0.2, 0.25) is 0 Å². The summed E-state index contributed by atoms with van der Waals surface area (Å²) >= 11 is 0. The van der Waals surface area contributed by atoms with Crippen LogP contribution in [0.3, 0.4) is 0 Å². The molecule has 0 N–H and O–H groups in total. The summed E-state index contributed by atoms with van der Waals surface area (Å²) in [4.78, 5) is 11.2. The molecular weight excluding hydrogens is 236 g/mol. The number of unbranched alkanes of at least 4 members (excludes halogenated alkanes) is 5. The second-order valence-corrected chi connectivity index (χ2v) is 6.38. The topological polar surface area (TPSA) is 26.3 Å². The molecule has 0 radical (unpaired) electrons. The monoisotopic (exact) mass is 268 g/mol. The summed E-state index contributed by atoms with van der Waals surface area (Å²) in [5, 5.41) is 0. The van der Waals surface area contributed by atoms with Gasteiger partial charge < -0.3 is 4.74 Å². The molecule has 1 aliphatic carbocycles. The van der Waals surface area contributed by atoms with E-state index in [0.29, 0.717) is 5.92 Å². The van der Waals surface area contributed by atoms with E-state index in [1.807, 2.05) is 0 Å². The van der Waals surface area contributed by atoms with E-state index >= 15 is 0 Å². The van der Waals surface area contributed by atoms with Gasteiger partial charge in [-0.2, -0.15) is 0 Å². The molecule has 0 amide bonds. The number of hydrogen-bond acceptors (Lipinski definition) is 2. The average molecular weight is 268 g/mol. The van der Waals surface area contributed by atoms with Crippen molar-refractivity contribution in [1.29, 1.82) is 0 Å². The minimum atomic E-state index is -0.104. The lowest BCUT2D eigenvalue weighted by molar-refractivity contribution is -0.151. The number of carbonyl (C=O) groups excluding carboxylic acids is 1. The van der Waals surface area contributed by atoms with Gasteiger partial charge in [0, 0.05) is 6.92 Å². The van der Waals surface area contributed by atoms with E-state index in [4.69, 9.17) is 4.74 Å². The Morgan fingerprint density at radius 3 is 2.47 bits per heavy atom. The molecule has 112 valence electrons. The zero-order valence-corrected chi connectivity index (χ0v) is 13.1. The highest BCUT2D eigenvalue weighted by Gasteiger charge is 2.30. The van der Waals surface area contributed by atoms with Crippen molar-refractivity contribution < 1.29 is 9.53 Å². The summed E-state index contributed by atoms with van der Waals surface area (Å²) < 4.78 is 5.51. The molecule has 1 rings (SSSR count). The third kappa shape index (κ3) is 6.98. The Labute approximate surface area is 119 Å². The Hall–Kier alpha value is -0.530. The van der Waals surface area contributed by atoms with E-state index in [1.165, 1.54) is 57.8 Å². The second-order valence-electron chi connectivity index (χ2n) is 6.38. The summed E-state index contributed by atoms with van der Waals surface area (Å²) in [6, 6.07) is 0. The highest BCUT2D eigenvalue weighted by Crippen LogP contribution is 2.34. The molecule has 0 aromatic rings. The summed E-state index contributed by atoms with van der Waals surface area (Å²) in [6.07, 6.45) is 13.1. The first-order chi connectivity index (χ1) is 9.13. The van der Waals surface area contributed by atoms with Crippen molar-refractivity contribution in [3.63, 3.8) is 0 Å². The number of hydrogen-bond donors (Lipinski definition) is 0. The van der Waals surface area contributed by atoms with Crippen LogP contribution < -0.4 is 0 Å². The standard InChI is InChI=1S/C17H32O2/c1-4-5-6-7-8-9-10-16-13-14(2)11-12-17(16)19-15(3)18/h14,16-17H,4-13H2,1-3H3/t14-,16-,17-/m0/s1. The van der Waals surface area contributed by atoms with Gasteiger partial charge in [0.25, 0.3) is 0 Å². The average Bonchev–Trinajstić information content (AvgIpc) is 2.36. The van der Waals surface area contributed by atoms with Gasteiger partial charge in [-0.05, 0) is 37.5 Å². The van der Waals surface area contributed by atoms with Crippen LogP contribution in [-0.4, -0.2) is 12.1 Å². The molecule has 3 atom stereocenters. The lowest BCUT2D eigenvalue weighted by Gasteiger charge is -2.34.